The summed E-state index contributed by atoms with van der Waals surface area (Å²) in [6, 6.07) is 7.38. The predicted octanol–water partition coefficient (Wildman–Crippen LogP) is 4.40. The molecule has 144 valence electrons. The average Bonchev–Trinajstić information content (AvgIpc) is 3.18. The van der Waals surface area contributed by atoms with Gasteiger partial charge in [-0.05, 0) is 37.1 Å². The monoisotopic (exact) mass is 404 g/mol. The van der Waals surface area contributed by atoms with Gasteiger partial charge < -0.3 is 5.11 Å². The topological polar surface area (TPSA) is 63.8 Å². The van der Waals surface area contributed by atoms with Gasteiger partial charge in [-0.1, -0.05) is 0 Å². The molecule has 4 aromatic rings. The van der Waals surface area contributed by atoms with E-state index < -0.39 is 17.7 Å². The van der Waals surface area contributed by atoms with Gasteiger partial charge in [0.15, 0.2) is 5.65 Å². The average molecular weight is 404 g/mol. The number of halogens is 3. The van der Waals surface area contributed by atoms with Crippen LogP contribution in [0.5, 0.6) is 0 Å². The van der Waals surface area contributed by atoms with Gasteiger partial charge in [0.1, 0.15) is 5.60 Å². The van der Waals surface area contributed by atoms with Crippen molar-refractivity contribution < 1.29 is 18.3 Å². The lowest BCUT2D eigenvalue weighted by Crippen LogP contribution is -2.46. The smallest absolute Gasteiger partial charge is 0.384 e. The van der Waals surface area contributed by atoms with Crippen molar-refractivity contribution in [3.05, 3.63) is 41.5 Å². The second-order valence-corrected chi connectivity index (χ2v) is 8.39. The Balaban J connectivity index is 1.48. The molecule has 4 aromatic heterocycles. The summed E-state index contributed by atoms with van der Waals surface area (Å²) in [7, 11) is 1.83. The van der Waals surface area contributed by atoms with Crippen LogP contribution in [0.2, 0.25) is 0 Å². The first-order chi connectivity index (χ1) is 13.2. The van der Waals surface area contributed by atoms with Gasteiger partial charge in [-0.3, -0.25) is 4.68 Å². The fourth-order valence-electron chi connectivity index (χ4n) is 3.67. The zero-order valence-electron chi connectivity index (χ0n) is 14.7. The molecule has 5 rings (SSSR count). The number of rotatable bonds is 2. The molecule has 0 unspecified atom stereocenters. The summed E-state index contributed by atoms with van der Waals surface area (Å²) in [5, 5.41) is 15.7. The number of aryl methyl sites for hydroxylation is 1. The molecule has 0 radical (unpaired) electrons. The Labute approximate surface area is 161 Å². The first-order valence-electron chi connectivity index (χ1n) is 8.71. The molecule has 1 aliphatic rings. The SMILES string of the molecule is Cn1cc2cc(-c3ccc4sc(C5(O)CC(C(F)(F)F)C5)cc4n3)cnc2n1. The van der Waals surface area contributed by atoms with E-state index >= 15 is 0 Å². The highest BCUT2D eigenvalue weighted by molar-refractivity contribution is 7.19. The van der Waals surface area contributed by atoms with Gasteiger partial charge in [-0.15, -0.1) is 11.3 Å². The molecule has 9 heteroatoms. The van der Waals surface area contributed by atoms with E-state index in [1.54, 1.807) is 16.9 Å². The molecule has 0 spiro atoms. The van der Waals surface area contributed by atoms with E-state index in [2.05, 4.69) is 15.1 Å². The van der Waals surface area contributed by atoms with Crippen molar-refractivity contribution in [2.75, 3.05) is 0 Å². The third-order valence-electron chi connectivity index (χ3n) is 5.23. The van der Waals surface area contributed by atoms with Gasteiger partial charge in [-0.25, -0.2) is 9.97 Å². The maximum atomic E-state index is 12.8. The minimum Gasteiger partial charge on any atom is -0.384 e. The van der Waals surface area contributed by atoms with Gasteiger partial charge in [0.2, 0.25) is 0 Å². The van der Waals surface area contributed by atoms with Crippen molar-refractivity contribution in [2.45, 2.75) is 24.6 Å². The van der Waals surface area contributed by atoms with Crippen LogP contribution in [0.15, 0.2) is 36.7 Å². The number of hydrogen-bond acceptors (Lipinski definition) is 5. The molecule has 0 atom stereocenters. The summed E-state index contributed by atoms with van der Waals surface area (Å²) in [4.78, 5) is 9.51. The van der Waals surface area contributed by atoms with Gasteiger partial charge in [0.25, 0.3) is 0 Å². The van der Waals surface area contributed by atoms with Crippen molar-refractivity contribution in [1.82, 2.24) is 19.7 Å². The van der Waals surface area contributed by atoms with Crippen LogP contribution < -0.4 is 0 Å². The second kappa shape index (κ2) is 5.74. The Morgan fingerprint density at radius 2 is 2.04 bits per heavy atom. The molecule has 1 saturated carbocycles. The Kier molecular flexibility index (Phi) is 3.60. The number of aliphatic hydroxyl groups is 1. The standard InChI is InChI=1S/C19H15F3N4OS/c1-26-9-11-4-10(8-23-17(11)25-26)13-2-3-15-14(24-13)5-16(28-15)18(27)6-12(7-18)19(20,21)22/h2-5,8-9,12,27H,6-7H2,1H3. The third-order valence-corrected chi connectivity index (χ3v) is 6.52. The molecule has 0 aromatic carbocycles. The number of pyridine rings is 2. The van der Waals surface area contributed by atoms with Crippen LogP contribution in [0.4, 0.5) is 13.2 Å². The summed E-state index contributed by atoms with van der Waals surface area (Å²) >= 11 is 1.29. The molecule has 1 N–H and O–H groups in total. The van der Waals surface area contributed by atoms with Crippen molar-refractivity contribution in [3.63, 3.8) is 0 Å². The van der Waals surface area contributed by atoms with Crippen LogP contribution in [0, 0.1) is 5.92 Å². The Hall–Kier alpha value is -2.52. The van der Waals surface area contributed by atoms with Gasteiger partial charge in [0.05, 0.1) is 21.8 Å². The van der Waals surface area contributed by atoms with Crippen LogP contribution >= 0.6 is 11.3 Å². The number of fused-ring (bicyclic) bond motifs is 2. The second-order valence-electron chi connectivity index (χ2n) is 7.31. The number of nitrogens with zero attached hydrogens (tertiary/aromatic N) is 4. The summed E-state index contributed by atoms with van der Waals surface area (Å²) in [6.45, 7) is 0. The number of thiophene rings is 1. The van der Waals surface area contributed by atoms with Gasteiger partial charge in [0, 0.05) is 35.3 Å². The lowest BCUT2D eigenvalue weighted by atomic mass is 9.70. The highest BCUT2D eigenvalue weighted by atomic mass is 32.1. The highest BCUT2D eigenvalue weighted by Gasteiger charge is 2.56. The third kappa shape index (κ3) is 2.77. The molecular formula is C19H15F3N4OS. The minimum absolute atomic E-state index is 0.294. The molecule has 0 saturated heterocycles. The first kappa shape index (κ1) is 17.6. The van der Waals surface area contributed by atoms with E-state index in [9.17, 15) is 18.3 Å². The zero-order valence-corrected chi connectivity index (χ0v) is 15.6. The molecule has 1 fully saturated rings. The number of alkyl halides is 3. The summed E-state index contributed by atoms with van der Waals surface area (Å²) in [5.74, 6) is -1.44. The first-order valence-corrected chi connectivity index (χ1v) is 9.53. The molecule has 1 aliphatic carbocycles. The van der Waals surface area contributed by atoms with Gasteiger partial charge >= 0.3 is 6.18 Å². The number of aromatic nitrogens is 4. The zero-order chi connectivity index (χ0) is 19.7. The Morgan fingerprint density at radius 3 is 2.79 bits per heavy atom. The van der Waals surface area contributed by atoms with E-state index in [1.165, 1.54) is 11.3 Å². The molecule has 28 heavy (non-hydrogen) atoms. The molecule has 5 nitrogen and oxygen atoms in total. The lowest BCUT2D eigenvalue weighted by molar-refractivity contribution is -0.241. The maximum absolute atomic E-state index is 12.8. The molecule has 4 heterocycles. The van der Waals surface area contributed by atoms with Crippen molar-refractivity contribution in [1.29, 1.82) is 0 Å². The van der Waals surface area contributed by atoms with Crippen LogP contribution in [-0.4, -0.2) is 31.0 Å². The molecular weight excluding hydrogens is 389 g/mol. The van der Waals surface area contributed by atoms with E-state index in [0.29, 0.717) is 21.7 Å². The molecule has 0 aliphatic heterocycles. The summed E-state index contributed by atoms with van der Waals surface area (Å²) < 4.78 is 40.9. The van der Waals surface area contributed by atoms with Gasteiger partial charge in [-0.2, -0.15) is 18.3 Å². The van der Waals surface area contributed by atoms with E-state index in [1.807, 2.05) is 31.4 Å². The van der Waals surface area contributed by atoms with Crippen LogP contribution in [0.25, 0.3) is 32.5 Å². The van der Waals surface area contributed by atoms with Crippen LogP contribution in [0.1, 0.15) is 17.7 Å². The van der Waals surface area contributed by atoms with Crippen LogP contribution in [-0.2, 0) is 12.6 Å². The van der Waals surface area contributed by atoms with E-state index in [4.69, 9.17) is 0 Å². The molecule has 0 bridgehead atoms. The fourth-order valence-corrected chi connectivity index (χ4v) is 4.78. The normalized spacial score (nSPS) is 22.7. The largest absolute Gasteiger partial charge is 0.392 e. The maximum Gasteiger partial charge on any atom is 0.392 e. The Morgan fingerprint density at radius 1 is 1.25 bits per heavy atom. The highest BCUT2D eigenvalue weighted by Crippen LogP contribution is 2.54. The van der Waals surface area contributed by atoms with Crippen LogP contribution in [0.3, 0.4) is 0 Å². The Bertz CT molecular complexity index is 1210. The summed E-state index contributed by atoms with van der Waals surface area (Å²) in [6.07, 6.45) is -1.28. The fraction of sp³-hybridized carbons (Fsp3) is 0.316. The van der Waals surface area contributed by atoms with Crippen molar-refractivity contribution in [3.8, 4) is 11.3 Å². The predicted molar refractivity (Wildman–Crippen MR) is 99.8 cm³/mol. The number of hydrogen-bond donors (Lipinski definition) is 1. The minimum atomic E-state index is -4.26. The van der Waals surface area contributed by atoms with Crippen molar-refractivity contribution >= 4 is 32.6 Å². The van der Waals surface area contributed by atoms with E-state index in [-0.39, 0.29) is 12.8 Å². The molecule has 0 amide bonds. The summed E-state index contributed by atoms with van der Waals surface area (Å²) in [5.41, 5.74) is 1.43. The van der Waals surface area contributed by atoms with Crippen molar-refractivity contribution in [2.24, 2.45) is 13.0 Å². The lowest BCUT2D eigenvalue weighted by Gasteiger charge is -2.43. The van der Waals surface area contributed by atoms with E-state index in [0.717, 1.165) is 15.6 Å². The quantitative estimate of drug-likeness (QED) is 0.538.